The Kier molecular flexibility index (Phi) is 3.48. The second kappa shape index (κ2) is 5.30. The summed E-state index contributed by atoms with van der Waals surface area (Å²) in [7, 11) is 0. The molecule has 106 valence electrons. The highest BCUT2D eigenvalue weighted by Crippen LogP contribution is 2.32. The number of rotatable bonds is 2. The zero-order valence-electron chi connectivity index (χ0n) is 12.1. The van der Waals surface area contributed by atoms with Gasteiger partial charge in [0.25, 0.3) is 0 Å². The Morgan fingerprint density at radius 1 is 0.905 bits per heavy atom. The van der Waals surface area contributed by atoms with Gasteiger partial charge in [-0.05, 0) is 52.9 Å². The normalized spacial score (nSPS) is 12.6. The molecule has 0 heterocycles. The third-order valence-electron chi connectivity index (χ3n) is 3.96. The van der Waals surface area contributed by atoms with Gasteiger partial charge in [-0.1, -0.05) is 48.5 Å². The van der Waals surface area contributed by atoms with E-state index in [2.05, 4.69) is 6.07 Å². The summed E-state index contributed by atoms with van der Waals surface area (Å²) in [6, 6.07) is 16.8. The number of halogens is 1. The van der Waals surface area contributed by atoms with Crippen molar-refractivity contribution in [3.05, 3.63) is 82.7 Å². The third-order valence-corrected chi connectivity index (χ3v) is 3.96. The van der Waals surface area contributed by atoms with E-state index in [4.69, 9.17) is 0 Å². The Hall–Kier alpha value is -2.19. The van der Waals surface area contributed by atoms with E-state index >= 15 is 0 Å². The van der Waals surface area contributed by atoms with Gasteiger partial charge in [0.05, 0.1) is 0 Å². The molecule has 0 aliphatic rings. The Balaban J connectivity index is 2.19. The lowest BCUT2D eigenvalue weighted by Gasteiger charge is -2.17. The van der Waals surface area contributed by atoms with Crippen LogP contribution in [0.25, 0.3) is 10.8 Å². The predicted molar refractivity (Wildman–Crippen MR) is 83.9 cm³/mol. The van der Waals surface area contributed by atoms with Crippen LogP contribution in [0.15, 0.2) is 54.6 Å². The van der Waals surface area contributed by atoms with E-state index in [1.165, 1.54) is 6.07 Å². The van der Waals surface area contributed by atoms with Gasteiger partial charge in [-0.3, -0.25) is 0 Å². The fourth-order valence-corrected chi connectivity index (χ4v) is 2.77. The number of aliphatic hydroxyl groups excluding tert-OH is 1. The maximum atomic E-state index is 13.4. The summed E-state index contributed by atoms with van der Waals surface area (Å²) >= 11 is 0. The largest absolute Gasteiger partial charge is 0.384 e. The Bertz CT molecular complexity index is 808. The first-order valence-corrected chi connectivity index (χ1v) is 7.00. The predicted octanol–water partition coefficient (Wildman–Crippen LogP) is 4.68. The summed E-state index contributed by atoms with van der Waals surface area (Å²) in [6.07, 6.45) is -0.754. The van der Waals surface area contributed by atoms with Crippen molar-refractivity contribution in [1.29, 1.82) is 0 Å². The molecule has 0 saturated heterocycles. The molecule has 2 heteroatoms. The average Bonchev–Trinajstić information content (AvgIpc) is 2.49. The molecule has 0 spiro atoms. The highest BCUT2D eigenvalue weighted by atomic mass is 19.1. The first-order valence-electron chi connectivity index (χ1n) is 7.00. The van der Waals surface area contributed by atoms with Gasteiger partial charge in [-0.15, -0.1) is 0 Å². The third kappa shape index (κ3) is 2.43. The maximum absolute atomic E-state index is 13.4. The highest BCUT2D eigenvalue weighted by Gasteiger charge is 2.16. The second-order valence-corrected chi connectivity index (χ2v) is 5.43. The van der Waals surface area contributed by atoms with Crippen molar-refractivity contribution in [2.24, 2.45) is 0 Å². The molecule has 3 rings (SSSR count). The van der Waals surface area contributed by atoms with Crippen LogP contribution < -0.4 is 0 Å². The number of fused-ring (bicyclic) bond motifs is 1. The van der Waals surface area contributed by atoms with E-state index in [0.717, 1.165) is 21.9 Å². The van der Waals surface area contributed by atoms with Crippen LogP contribution in [0.4, 0.5) is 4.39 Å². The highest BCUT2D eigenvalue weighted by molar-refractivity contribution is 5.87. The number of benzene rings is 3. The standard InChI is InChI=1S/C19H17FO/c1-12-7-8-14-5-3-4-6-16(14)18(12)19(21)15-9-10-17(20)13(2)11-15/h3-11,19,21H,1-2H3. The lowest BCUT2D eigenvalue weighted by atomic mass is 9.91. The molecule has 1 unspecified atom stereocenters. The zero-order valence-corrected chi connectivity index (χ0v) is 12.1. The summed E-state index contributed by atoms with van der Waals surface area (Å²) in [4.78, 5) is 0. The lowest BCUT2D eigenvalue weighted by Crippen LogP contribution is -2.04. The molecule has 3 aromatic carbocycles. The Morgan fingerprint density at radius 3 is 2.43 bits per heavy atom. The van der Waals surface area contributed by atoms with Gasteiger partial charge in [0.1, 0.15) is 11.9 Å². The van der Waals surface area contributed by atoms with Crippen molar-refractivity contribution in [3.63, 3.8) is 0 Å². The SMILES string of the molecule is Cc1cc(C(O)c2c(C)ccc3ccccc23)ccc1F. The smallest absolute Gasteiger partial charge is 0.126 e. The summed E-state index contributed by atoms with van der Waals surface area (Å²) in [6.45, 7) is 3.70. The summed E-state index contributed by atoms with van der Waals surface area (Å²) in [5.74, 6) is -0.249. The Labute approximate surface area is 123 Å². The summed E-state index contributed by atoms with van der Waals surface area (Å²) in [5, 5.41) is 12.9. The van der Waals surface area contributed by atoms with E-state index in [1.54, 1.807) is 19.1 Å². The molecule has 1 atom stereocenters. The van der Waals surface area contributed by atoms with Gasteiger partial charge < -0.3 is 5.11 Å². The Morgan fingerprint density at radius 2 is 1.67 bits per heavy atom. The number of aliphatic hydroxyl groups is 1. The van der Waals surface area contributed by atoms with Gasteiger partial charge in [0, 0.05) is 0 Å². The summed E-state index contributed by atoms with van der Waals surface area (Å²) in [5.41, 5.74) is 3.18. The molecule has 0 aliphatic carbocycles. The quantitative estimate of drug-likeness (QED) is 0.722. The van der Waals surface area contributed by atoms with E-state index in [9.17, 15) is 9.50 Å². The van der Waals surface area contributed by atoms with E-state index in [1.807, 2.05) is 37.3 Å². The molecule has 1 nitrogen and oxygen atoms in total. The topological polar surface area (TPSA) is 20.2 Å². The van der Waals surface area contributed by atoms with Crippen molar-refractivity contribution in [1.82, 2.24) is 0 Å². The van der Waals surface area contributed by atoms with Crippen LogP contribution in [0, 0.1) is 19.7 Å². The monoisotopic (exact) mass is 280 g/mol. The number of aryl methyl sites for hydroxylation is 2. The van der Waals surface area contributed by atoms with Crippen molar-refractivity contribution >= 4 is 10.8 Å². The number of hydrogen-bond donors (Lipinski definition) is 1. The van der Waals surface area contributed by atoms with Crippen LogP contribution in [0.2, 0.25) is 0 Å². The van der Waals surface area contributed by atoms with Crippen LogP contribution in [0.3, 0.4) is 0 Å². The molecule has 0 bridgehead atoms. The molecular weight excluding hydrogens is 263 g/mol. The molecule has 0 radical (unpaired) electrons. The van der Waals surface area contributed by atoms with Crippen LogP contribution in [-0.2, 0) is 0 Å². The fourth-order valence-electron chi connectivity index (χ4n) is 2.77. The average molecular weight is 280 g/mol. The van der Waals surface area contributed by atoms with Crippen molar-refractivity contribution < 1.29 is 9.50 Å². The molecule has 0 aromatic heterocycles. The van der Waals surface area contributed by atoms with Crippen molar-refractivity contribution in [3.8, 4) is 0 Å². The molecule has 1 N–H and O–H groups in total. The van der Waals surface area contributed by atoms with Gasteiger partial charge in [-0.2, -0.15) is 0 Å². The first-order chi connectivity index (χ1) is 10.1. The minimum atomic E-state index is -0.754. The van der Waals surface area contributed by atoms with Crippen LogP contribution in [0.1, 0.15) is 28.4 Å². The van der Waals surface area contributed by atoms with Crippen molar-refractivity contribution in [2.45, 2.75) is 20.0 Å². The van der Waals surface area contributed by atoms with Gasteiger partial charge in [-0.25, -0.2) is 4.39 Å². The molecule has 0 amide bonds. The maximum Gasteiger partial charge on any atom is 0.126 e. The molecule has 21 heavy (non-hydrogen) atoms. The number of hydrogen-bond acceptors (Lipinski definition) is 1. The molecule has 0 aliphatic heterocycles. The van der Waals surface area contributed by atoms with Gasteiger partial charge in [0.2, 0.25) is 0 Å². The van der Waals surface area contributed by atoms with E-state index in [0.29, 0.717) is 11.1 Å². The van der Waals surface area contributed by atoms with Crippen LogP contribution in [0.5, 0.6) is 0 Å². The second-order valence-electron chi connectivity index (χ2n) is 5.43. The van der Waals surface area contributed by atoms with Crippen LogP contribution in [-0.4, -0.2) is 5.11 Å². The lowest BCUT2D eigenvalue weighted by molar-refractivity contribution is 0.221. The molecule has 0 saturated carbocycles. The van der Waals surface area contributed by atoms with E-state index < -0.39 is 6.10 Å². The minimum absolute atomic E-state index is 0.249. The zero-order chi connectivity index (χ0) is 15.0. The van der Waals surface area contributed by atoms with Crippen LogP contribution >= 0.6 is 0 Å². The fraction of sp³-hybridized carbons (Fsp3) is 0.158. The van der Waals surface area contributed by atoms with Gasteiger partial charge in [0.15, 0.2) is 0 Å². The summed E-state index contributed by atoms with van der Waals surface area (Å²) < 4.78 is 13.4. The van der Waals surface area contributed by atoms with Gasteiger partial charge >= 0.3 is 0 Å². The first kappa shape index (κ1) is 13.8. The van der Waals surface area contributed by atoms with E-state index in [-0.39, 0.29) is 5.82 Å². The molecular formula is C19H17FO. The molecule has 0 fully saturated rings. The minimum Gasteiger partial charge on any atom is -0.384 e. The van der Waals surface area contributed by atoms with Crippen molar-refractivity contribution in [2.75, 3.05) is 0 Å². The molecule has 3 aromatic rings.